The van der Waals surface area contributed by atoms with Gasteiger partial charge in [0.05, 0.1) is 52.6 Å². The van der Waals surface area contributed by atoms with Crippen LogP contribution in [0.2, 0.25) is 0 Å². The first-order chi connectivity index (χ1) is 24.8. The van der Waals surface area contributed by atoms with Crippen molar-refractivity contribution >= 4 is 34.1 Å². The smallest absolute Gasteiger partial charge is 0.303 e. The van der Waals surface area contributed by atoms with E-state index >= 15 is 4.79 Å². The molecule has 12 nitrogen and oxygen atoms in total. The zero-order valence-electron chi connectivity index (χ0n) is 32.3. The van der Waals surface area contributed by atoms with Crippen molar-refractivity contribution in [1.82, 2.24) is 9.80 Å². The van der Waals surface area contributed by atoms with Crippen molar-refractivity contribution in [2.75, 3.05) is 28.2 Å². The lowest BCUT2D eigenvalue weighted by atomic mass is 9.74. The molecule has 12 heteroatoms. The van der Waals surface area contributed by atoms with Crippen molar-refractivity contribution in [1.29, 1.82) is 0 Å². The number of esters is 1. The maximum Gasteiger partial charge on any atom is 0.303 e. The highest BCUT2D eigenvalue weighted by molar-refractivity contribution is 6.33. The number of likely N-dealkylation sites (N-methyl/N-ethyl adjacent to an activating group) is 2. The molecule has 1 aliphatic carbocycles. The predicted octanol–water partition coefficient (Wildman–Crippen LogP) is 5.25. The molecule has 3 aliphatic rings. The first-order valence-electron chi connectivity index (χ1n) is 18.1. The van der Waals surface area contributed by atoms with E-state index in [9.17, 15) is 24.6 Å². The van der Waals surface area contributed by atoms with Gasteiger partial charge in [-0.15, -0.1) is 0 Å². The molecule has 0 unspecified atom stereocenters. The number of fused-ring (bicyclic) bond motifs is 4. The van der Waals surface area contributed by atoms with E-state index in [0.717, 1.165) is 0 Å². The highest BCUT2D eigenvalue weighted by Crippen LogP contribution is 2.50. The summed E-state index contributed by atoms with van der Waals surface area (Å²) < 4.78 is 25.0. The molecule has 284 valence electrons. The number of ketones is 2. The average molecular weight is 731 g/mol. The molecule has 0 spiro atoms. The van der Waals surface area contributed by atoms with Crippen LogP contribution in [0.3, 0.4) is 0 Å². The lowest BCUT2D eigenvalue weighted by Gasteiger charge is -2.50. The predicted molar refractivity (Wildman–Crippen MR) is 198 cm³/mol. The lowest BCUT2D eigenvalue weighted by molar-refractivity contribution is -0.201. The SMILES string of the molecule is CC=C(C)c1cc(=O)c2c(C)cc3c(c2o1)C(=O)c1c(O)c([C@H]2C[C@](C)(N(C)C)[C@H](OC(C)=O)[C@H](C)O2)cc([C@H]2C[C@@H](N(C)C)[C@H](O)[C@@H](C)O2)c1C3=O. The molecule has 2 aliphatic heterocycles. The summed E-state index contributed by atoms with van der Waals surface area (Å²) in [6.45, 7) is 12.1. The zero-order chi connectivity index (χ0) is 39.0. The number of ether oxygens (including phenoxy) is 3. The Morgan fingerprint density at radius 3 is 2.21 bits per heavy atom. The van der Waals surface area contributed by atoms with E-state index in [-0.39, 0.29) is 68.9 Å². The molecule has 53 heavy (non-hydrogen) atoms. The third-order valence-corrected chi connectivity index (χ3v) is 11.7. The zero-order valence-corrected chi connectivity index (χ0v) is 32.3. The number of aryl methyl sites for hydroxylation is 1. The number of rotatable bonds is 6. The summed E-state index contributed by atoms with van der Waals surface area (Å²) in [4.78, 5) is 59.4. The summed E-state index contributed by atoms with van der Waals surface area (Å²) in [6, 6.07) is 4.25. The molecule has 2 N–H and O–H groups in total. The number of allylic oxidation sites excluding steroid dienone is 2. The quantitative estimate of drug-likeness (QED) is 0.249. The minimum atomic E-state index is -0.819. The van der Waals surface area contributed by atoms with Gasteiger partial charge in [-0.05, 0) is 111 Å². The first kappa shape index (κ1) is 38.5. The van der Waals surface area contributed by atoms with Crippen LogP contribution in [0.1, 0.15) is 121 Å². The van der Waals surface area contributed by atoms with Crippen LogP contribution in [0.15, 0.2) is 33.5 Å². The van der Waals surface area contributed by atoms with Gasteiger partial charge in [-0.3, -0.25) is 19.2 Å². The molecule has 0 radical (unpaired) electrons. The van der Waals surface area contributed by atoms with Crippen molar-refractivity contribution in [2.24, 2.45) is 0 Å². The summed E-state index contributed by atoms with van der Waals surface area (Å²) in [5.74, 6) is -1.83. The Labute approximate surface area is 309 Å². The second-order valence-corrected chi connectivity index (χ2v) is 15.5. The Kier molecular flexibility index (Phi) is 10.1. The summed E-state index contributed by atoms with van der Waals surface area (Å²) >= 11 is 0. The second kappa shape index (κ2) is 13.9. The van der Waals surface area contributed by atoms with Gasteiger partial charge in [0.2, 0.25) is 5.78 Å². The molecular formula is C41H50N2O10. The van der Waals surface area contributed by atoms with Crippen LogP contribution in [0.5, 0.6) is 5.75 Å². The monoisotopic (exact) mass is 730 g/mol. The third-order valence-electron chi connectivity index (χ3n) is 11.7. The molecular weight excluding hydrogens is 680 g/mol. The van der Waals surface area contributed by atoms with E-state index in [4.69, 9.17) is 18.6 Å². The normalized spacial score (nSPS) is 29.1. The van der Waals surface area contributed by atoms with Gasteiger partial charge in [0, 0.05) is 35.7 Å². The van der Waals surface area contributed by atoms with Gasteiger partial charge in [0.25, 0.3) is 0 Å². The van der Waals surface area contributed by atoms with Gasteiger partial charge in [-0.1, -0.05) is 6.08 Å². The number of carbonyl (C=O) groups is 3. The van der Waals surface area contributed by atoms with Gasteiger partial charge in [-0.2, -0.15) is 0 Å². The van der Waals surface area contributed by atoms with Crippen LogP contribution < -0.4 is 5.43 Å². The standard InChI is InChI=1S/C41H50N2O10/c1-12-18(2)28-16-27(45)31-19(3)13-25-33(39(31)53-28)38(49)34-32(37(25)48)23(29-15-26(42(8)9)35(46)20(4)50-29)14-24(36(34)47)30-17-41(7,43(10)11)40(21(5)51-30)52-22(6)44/h12-14,16,20-21,26,29-30,35,40,46-47H,15,17H2,1-11H3/t20-,21+,26-,29-,30-,35-,40-,41+/m1/s1. The van der Waals surface area contributed by atoms with Gasteiger partial charge in [0.1, 0.15) is 17.6 Å². The number of phenols is 1. The van der Waals surface area contributed by atoms with E-state index in [1.165, 1.54) is 19.1 Å². The maximum absolute atomic E-state index is 15.0. The van der Waals surface area contributed by atoms with E-state index < -0.39 is 65.4 Å². The molecule has 2 saturated heterocycles. The number of hydrogen-bond acceptors (Lipinski definition) is 12. The molecule has 2 aromatic carbocycles. The van der Waals surface area contributed by atoms with Gasteiger partial charge in [0.15, 0.2) is 16.8 Å². The fourth-order valence-electron chi connectivity index (χ4n) is 8.39. The Morgan fingerprint density at radius 1 is 0.943 bits per heavy atom. The highest BCUT2D eigenvalue weighted by atomic mass is 16.6. The molecule has 8 atom stereocenters. The van der Waals surface area contributed by atoms with Crippen molar-refractivity contribution < 1.29 is 43.2 Å². The number of aromatic hydroxyl groups is 1. The maximum atomic E-state index is 15.0. The molecule has 6 rings (SSSR count). The first-order valence-corrected chi connectivity index (χ1v) is 18.1. The number of aliphatic hydroxyl groups excluding tert-OH is 1. The topological polar surface area (TPSA) is 156 Å². The minimum absolute atomic E-state index is 0.00579. The number of nitrogens with zero attached hydrogens (tertiary/aromatic N) is 2. The molecule has 0 saturated carbocycles. The molecule has 2 fully saturated rings. The minimum Gasteiger partial charge on any atom is -0.507 e. The largest absolute Gasteiger partial charge is 0.507 e. The number of benzene rings is 2. The number of carbonyl (C=O) groups excluding carboxylic acids is 3. The van der Waals surface area contributed by atoms with E-state index in [0.29, 0.717) is 16.7 Å². The Morgan fingerprint density at radius 2 is 1.60 bits per heavy atom. The average Bonchev–Trinajstić information content (AvgIpc) is 3.08. The van der Waals surface area contributed by atoms with Crippen LogP contribution in [-0.2, 0) is 19.0 Å². The van der Waals surface area contributed by atoms with Crippen LogP contribution in [0, 0.1) is 6.92 Å². The van der Waals surface area contributed by atoms with E-state index in [1.807, 2.05) is 44.9 Å². The Hall–Kier alpha value is -4.20. The van der Waals surface area contributed by atoms with Crippen LogP contribution in [0.4, 0.5) is 0 Å². The van der Waals surface area contributed by atoms with Crippen LogP contribution in [-0.4, -0.2) is 102 Å². The Bertz CT molecular complexity index is 2120. The molecule has 3 aromatic rings. The summed E-state index contributed by atoms with van der Waals surface area (Å²) in [5.41, 5.74) is 0.343. The third kappa shape index (κ3) is 6.24. The number of phenolic OH excluding ortho intramolecular Hbond substituents is 1. The summed E-state index contributed by atoms with van der Waals surface area (Å²) in [7, 11) is 7.46. The molecule has 0 bridgehead atoms. The second-order valence-electron chi connectivity index (χ2n) is 15.5. The van der Waals surface area contributed by atoms with Gasteiger partial charge >= 0.3 is 5.97 Å². The Balaban J connectivity index is 1.63. The molecule has 0 amide bonds. The van der Waals surface area contributed by atoms with Gasteiger partial charge in [-0.25, -0.2) is 0 Å². The van der Waals surface area contributed by atoms with Crippen molar-refractivity contribution in [3.05, 3.63) is 79.2 Å². The van der Waals surface area contributed by atoms with E-state index in [1.54, 1.807) is 46.8 Å². The van der Waals surface area contributed by atoms with Crippen LogP contribution >= 0.6 is 0 Å². The van der Waals surface area contributed by atoms with Crippen molar-refractivity contribution in [2.45, 2.75) is 110 Å². The number of hydrogen-bond donors (Lipinski definition) is 2. The highest BCUT2D eigenvalue weighted by Gasteiger charge is 2.51. The molecule has 3 heterocycles. The number of aliphatic hydroxyl groups is 1. The van der Waals surface area contributed by atoms with Crippen molar-refractivity contribution in [3.8, 4) is 5.75 Å². The van der Waals surface area contributed by atoms with Gasteiger partial charge < -0.3 is 38.6 Å². The lowest BCUT2D eigenvalue weighted by Crippen LogP contribution is -2.61. The summed E-state index contributed by atoms with van der Waals surface area (Å²) in [6.07, 6.45) is -1.99. The van der Waals surface area contributed by atoms with Crippen molar-refractivity contribution in [3.63, 3.8) is 0 Å². The van der Waals surface area contributed by atoms with E-state index in [2.05, 4.69) is 0 Å². The van der Waals surface area contributed by atoms with Crippen LogP contribution in [0.25, 0.3) is 16.5 Å². The summed E-state index contributed by atoms with van der Waals surface area (Å²) in [5, 5.41) is 23.5. The fraction of sp³-hybridized carbons (Fsp3) is 0.512. The molecule has 1 aromatic heterocycles. The fourth-order valence-corrected chi connectivity index (χ4v) is 8.39.